The predicted molar refractivity (Wildman–Crippen MR) is 164 cm³/mol. The Bertz CT molecular complexity index is 1640. The van der Waals surface area contributed by atoms with Gasteiger partial charge in [0.05, 0.1) is 11.3 Å². The van der Waals surface area contributed by atoms with Crippen LogP contribution in [0.4, 0.5) is 4.79 Å². The monoisotopic (exact) mass is 607 g/mol. The summed E-state index contributed by atoms with van der Waals surface area (Å²) in [5.41, 5.74) is 3.08. The molecule has 2 amide bonds. The van der Waals surface area contributed by atoms with Crippen molar-refractivity contribution in [2.75, 3.05) is 18.8 Å². The van der Waals surface area contributed by atoms with Crippen molar-refractivity contribution in [2.45, 2.75) is 38.8 Å². The molecule has 5 rings (SSSR count). The number of likely N-dealkylation sites (tertiary alicyclic amines) is 1. The van der Waals surface area contributed by atoms with Gasteiger partial charge in [-0.25, -0.2) is 17.9 Å². The van der Waals surface area contributed by atoms with E-state index in [1.807, 2.05) is 65.2 Å². The van der Waals surface area contributed by atoms with Gasteiger partial charge in [0, 0.05) is 30.0 Å². The van der Waals surface area contributed by atoms with Crippen LogP contribution >= 0.6 is 11.6 Å². The summed E-state index contributed by atoms with van der Waals surface area (Å²) in [6.07, 6.45) is 2.38. The second-order valence-electron chi connectivity index (χ2n) is 10.7. The standard InChI is InChI=1S/C32H34ClN3O5S/c33-28-16-7-17-29-27(28)20-30(36(29)19-9-14-24-10-3-1-4-11-24)31(37)34-42(39,40)23-26-15-8-18-35(21-26)32(38)41-22-25-12-5-2-6-13-25/h1-7,10-13,16-17,20,26H,8-9,14-15,18-19,21-23H2,(H,34,37). The van der Waals surface area contributed by atoms with Crippen LogP contribution in [-0.2, 0) is 34.3 Å². The number of aryl methyl sites for hydroxylation is 2. The molecular formula is C32H34ClN3O5S. The van der Waals surface area contributed by atoms with Crippen molar-refractivity contribution in [3.05, 3.63) is 107 Å². The summed E-state index contributed by atoms with van der Waals surface area (Å²) in [5.74, 6) is -1.28. The molecule has 1 fully saturated rings. The summed E-state index contributed by atoms with van der Waals surface area (Å²) in [6, 6.07) is 26.5. The Morgan fingerprint density at radius 1 is 0.952 bits per heavy atom. The molecule has 1 N–H and O–H groups in total. The number of benzene rings is 3. The van der Waals surface area contributed by atoms with Crippen LogP contribution in [0.25, 0.3) is 10.9 Å². The normalized spacial score (nSPS) is 15.5. The summed E-state index contributed by atoms with van der Waals surface area (Å²) >= 11 is 6.43. The number of hydrogen-bond acceptors (Lipinski definition) is 5. The number of piperidine rings is 1. The second kappa shape index (κ2) is 13.4. The van der Waals surface area contributed by atoms with Gasteiger partial charge < -0.3 is 14.2 Å². The number of halogens is 1. The van der Waals surface area contributed by atoms with Crippen LogP contribution in [0.1, 0.15) is 40.9 Å². The molecule has 1 aromatic heterocycles. The van der Waals surface area contributed by atoms with Gasteiger partial charge in [-0.2, -0.15) is 0 Å². The molecule has 0 spiro atoms. The number of nitrogens with one attached hydrogen (secondary N) is 1. The van der Waals surface area contributed by atoms with E-state index in [1.165, 1.54) is 5.56 Å². The molecule has 0 bridgehead atoms. The smallest absolute Gasteiger partial charge is 0.410 e. The van der Waals surface area contributed by atoms with Crippen molar-refractivity contribution in [3.8, 4) is 0 Å². The highest BCUT2D eigenvalue weighted by molar-refractivity contribution is 7.90. The number of hydrogen-bond donors (Lipinski definition) is 1. The summed E-state index contributed by atoms with van der Waals surface area (Å²) in [4.78, 5) is 27.6. The molecule has 1 saturated heterocycles. The van der Waals surface area contributed by atoms with E-state index >= 15 is 0 Å². The number of nitrogens with zero attached hydrogens (tertiary/aromatic N) is 2. The zero-order chi connectivity index (χ0) is 29.5. The predicted octanol–water partition coefficient (Wildman–Crippen LogP) is 6.04. The minimum atomic E-state index is -3.99. The van der Waals surface area contributed by atoms with Gasteiger partial charge in [-0.05, 0) is 60.9 Å². The number of carbonyl (C=O) groups excluding carboxylic acids is 2. The Morgan fingerprint density at radius 3 is 2.40 bits per heavy atom. The fourth-order valence-electron chi connectivity index (χ4n) is 5.49. The largest absolute Gasteiger partial charge is 0.445 e. The highest BCUT2D eigenvalue weighted by Gasteiger charge is 2.30. The van der Waals surface area contributed by atoms with Crippen LogP contribution < -0.4 is 4.72 Å². The Kier molecular flexibility index (Phi) is 9.49. The van der Waals surface area contributed by atoms with E-state index in [1.54, 1.807) is 17.0 Å². The number of aromatic nitrogens is 1. The van der Waals surface area contributed by atoms with Gasteiger partial charge in [0.2, 0.25) is 10.0 Å². The van der Waals surface area contributed by atoms with E-state index in [0.717, 1.165) is 23.9 Å². The van der Waals surface area contributed by atoms with Crippen LogP contribution in [0.5, 0.6) is 0 Å². The Hall–Kier alpha value is -3.82. The third kappa shape index (κ3) is 7.52. The third-order valence-corrected chi connectivity index (χ3v) is 9.24. The fourth-order valence-corrected chi connectivity index (χ4v) is 7.07. The molecular weight excluding hydrogens is 574 g/mol. The lowest BCUT2D eigenvalue weighted by Crippen LogP contribution is -2.44. The number of amides is 2. The SMILES string of the molecule is O=C(NS(=O)(=O)CC1CCCN(C(=O)OCc2ccccc2)C1)c1cc2c(Cl)cccc2n1CCCc1ccccc1. The van der Waals surface area contributed by atoms with Gasteiger partial charge in [0.1, 0.15) is 12.3 Å². The third-order valence-electron chi connectivity index (χ3n) is 7.50. The molecule has 0 saturated carbocycles. The molecule has 1 aliphatic rings. The minimum Gasteiger partial charge on any atom is -0.445 e. The van der Waals surface area contributed by atoms with E-state index in [4.69, 9.17) is 16.3 Å². The summed E-state index contributed by atoms with van der Waals surface area (Å²) < 4.78 is 35.9. The van der Waals surface area contributed by atoms with Crippen molar-refractivity contribution in [2.24, 2.45) is 5.92 Å². The molecule has 1 unspecified atom stereocenters. The first kappa shape index (κ1) is 29.7. The average Bonchev–Trinajstić information content (AvgIpc) is 3.37. The first-order valence-electron chi connectivity index (χ1n) is 14.1. The maximum absolute atomic E-state index is 13.4. The first-order chi connectivity index (χ1) is 20.3. The summed E-state index contributed by atoms with van der Waals surface area (Å²) in [7, 11) is -3.99. The topological polar surface area (TPSA) is 97.7 Å². The van der Waals surface area contributed by atoms with Gasteiger partial charge >= 0.3 is 6.09 Å². The fraction of sp³-hybridized carbons (Fsp3) is 0.312. The number of fused-ring (bicyclic) bond motifs is 1. The maximum atomic E-state index is 13.4. The molecule has 0 radical (unpaired) electrons. The number of carbonyl (C=O) groups is 2. The number of ether oxygens (including phenoxy) is 1. The zero-order valence-electron chi connectivity index (χ0n) is 23.2. The second-order valence-corrected chi connectivity index (χ2v) is 12.8. The van der Waals surface area contributed by atoms with Crippen LogP contribution in [0, 0.1) is 5.92 Å². The van der Waals surface area contributed by atoms with Crippen molar-refractivity contribution in [3.63, 3.8) is 0 Å². The van der Waals surface area contributed by atoms with Crippen LogP contribution in [0.15, 0.2) is 84.9 Å². The average molecular weight is 608 g/mol. The summed E-state index contributed by atoms with van der Waals surface area (Å²) in [5, 5.41) is 1.19. The van der Waals surface area contributed by atoms with E-state index in [0.29, 0.717) is 36.3 Å². The Morgan fingerprint density at radius 2 is 1.67 bits per heavy atom. The van der Waals surface area contributed by atoms with Gasteiger partial charge in [-0.3, -0.25) is 4.79 Å². The summed E-state index contributed by atoms with van der Waals surface area (Å²) in [6.45, 7) is 1.42. The van der Waals surface area contributed by atoms with Crippen LogP contribution in [-0.4, -0.2) is 48.7 Å². The Labute approximate surface area is 251 Å². The molecule has 8 nitrogen and oxygen atoms in total. The van der Waals surface area contributed by atoms with E-state index in [9.17, 15) is 18.0 Å². The number of sulfonamides is 1. The highest BCUT2D eigenvalue weighted by atomic mass is 35.5. The first-order valence-corrected chi connectivity index (χ1v) is 16.1. The van der Waals surface area contributed by atoms with Crippen LogP contribution in [0.3, 0.4) is 0 Å². The quantitative estimate of drug-likeness (QED) is 0.237. The molecule has 0 aliphatic carbocycles. The lowest BCUT2D eigenvalue weighted by molar-refractivity contribution is 0.0811. The molecule has 4 aromatic rings. The molecule has 1 atom stereocenters. The molecule has 3 aromatic carbocycles. The molecule has 2 heterocycles. The minimum absolute atomic E-state index is 0.151. The van der Waals surface area contributed by atoms with Gasteiger partial charge in [-0.15, -0.1) is 0 Å². The maximum Gasteiger partial charge on any atom is 0.410 e. The molecule has 1 aliphatic heterocycles. The molecule has 10 heteroatoms. The molecule has 42 heavy (non-hydrogen) atoms. The van der Waals surface area contributed by atoms with Crippen LogP contribution in [0.2, 0.25) is 5.02 Å². The lowest BCUT2D eigenvalue weighted by Gasteiger charge is -2.31. The van der Waals surface area contributed by atoms with Crippen molar-refractivity contribution >= 4 is 44.5 Å². The van der Waals surface area contributed by atoms with Gasteiger partial charge in [-0.1, -0.05) is 78.3 Å². The van der Waals surface area contributed by atoms with Gasteiger partial charge in [0.15, 0.2) is 0 Å². The van der Waals surface area contributed by atoms with Crippen molar-refractivity contribution in [1.29, 1.82) is 0 Å². The van der Waals surface area contributed by atoms with Crippen molar-refractivity contribution in [1.82, 2.24) is 14.2 Å². The van der Waals surface area contributed by atoms with E-state index < -0.39 is 22.0 Å². The zero-order valence-corrected chi connectivity index (χ0v) is 24.8. The van der Waals surface area contributed by atoms with Crippen molar-refractivity contribution < 1.29 is 22.7 Å². The van der Waals surface area contributed by atoms with E-state index in [2.05, 4.69) is 16.9 Å². The number of rotatable bonds is 10. The van der Waals surface area contributed by atoms with E-state index in [-0.39, 0.29) is 30.5 Å². The Balaban J connectivity index is 1.23. The van der Waals surface area contributed by atoms with Gasteiger partial charge in [0.25, 0.3) is 5.91 Å². The highest BCUT2D eigenvalue weighted by Crippen LogP contribution is 2.28. The lowest BCUT2D eigenvalue weighted by atomic mass is 10.0. The molecule has 220 valence electrons.